The number of hydrogen-bond donors (Lipinski definition) is 1. The van der Waals surface area contributed by atoms with Gasteiger partial charge in [-0.05, 0) is 62.2 Å². The van der Waals surface area contributed by atoms with Gasteiger partial charge in [0.2, 0.25) is 5.82 Å². The third-order valence-corrected chi connectivity index (χ3v) is 4.83. The number of halogens is 1. The summed E-state index contributed by atoms with van der Waals surface area (Å²) in [6.07, 6.45) is 0. The Morgan fingerprint density at radius 3 is 2.27 bits per heavy atom. The Morgan fingerprint density at radius 2 is 1.57 bits per heavy atom. The second-order valence-electron chi connectivity index (χ2n) is 7.29. The van der Waals surface area contributed by atoms with Crippen molar-refractivity contribution in [3.8, 4) is 17.1 Å². The number of carbonyl (C=O) groups is 1. The Labute approximate surface area is 174 Å². The molecule has 0 bridgehead atoms. The highest BCUT2D eigenvalue weighted by Gasteiger charge is 2.19. The van der Waals surface area contributed by atoms with E-state index in [1.54, 1.807) is 16.8 Å². The predicted molar refractivity (Wildman–Crippen MR) is 115 cm³/mol. The molecular formula is C24H21FN4O. The number of nitrogens with zero attached hydrogens (tertiary/aromatic N) is 3. The highest BCUT2D eigenvalue weighted by atomic mass is 19.1. The Hall–Kier alpha value is -3.80. The molecule has 6 heteroatoms. The van der Waals surface area contributed by atoms with Crippen molar-refractivity contribution in [3.05, 3.63) is 95.1 Å². The van der Waals surface area contributed by atoms with E-state index in [9.17, 15) is 9.18 Å². The lowest BCUT2D eigenvalue weighted by Crippen LogP contribution is -2.15. The molecule has 1 aromatic heterocycles. The lowest BCUT2D eigenvalue weighted by molar-refractivity contribution is 0.101. The van der Waals surface area contributed by atoms with Gasteiger partial charge >= 0.3 is 0 Å². The van der Waals surface area contributed by atoms with E-state index in [2.05, 4.69) is 15.4 Å². The first kappa shape index (κ1) is 19.5. The van der Waals surface area contributed by atoms with Crippen molar-refractivity contribution in [2.75, 3.05) is 5.32 Å². The molecule has 0 aliphatic rings. The summed E-state index contributed by atoms with van der Waals surface area (Å²) in [5.74, 6) is -0.204. The Morgan fingerprint density at radius 1 is 0.900 bits per heavy atom. The first-order valence-corrected chi connectivity index (χ1v) is 9.59. The minimum atomic E-state index is -0.405. The number of hydrogen-bond acceptors (Lipinski definition) is 3. The lowest BCUT2D eigenvalue weighted by Gasteiger charge is -2.07. The number of aromatic nitrogens is 3. The van der Waals surface area contributed by atoms with Crippen LogP contribution in [-0.2, 0) is 0 Å². The van der Waals surface area contributed by atoms with Gasteiger partial charge in [0.1, 0.15) is 5.82 Å². The molecule has 0 atom stereocenters. The lowest BCUT2D eigenvalue weighted by atomic mass is 10.1. The zero-order chi connectivity index (χ0) is 21.3. The van der Waals surface area contributed by atoms with Crippen LogP contribution in [0.2, 0.25) is 0 Å². The molecule has 0 aliphatic heterocycles. The quantitative estimate of drug-likeness (QED) is 0.509. The number of amides is 1. The molecular weight excluding hydrogens is 379 g/mol. The monoisotopic (exact) mass is 400 g/mol. The molecule has 1 heterocycles. The molecule has 0 aliphatic carbocycles. The zero-order valence-electron chi connectivity index (χ0n) is 17.0. The van der Waals surface area contributed by atoms with Gasteiger partial charge in [-0.2, -0.15) is 0 Å². The number of rotatable bonds is 4. The molecule has 0 saturated carbocycles. The fourth-order valence-corrected chi connectivity index (χ4v) is 3.11. The minimum Gasteiger partial charge on any atom is -0.319 e. The first-order chi connectivity index (χ1) is 14.4. The van der Waals surface area contributed by atoms with Crippen LogP contribution < -0.4 is 5.32 Å². The average molecular weight is 400 g/mol. The molecule has 4 rings (SSSR count). The molecule has 0 spiro atoms. The number of anilines is 1. The first-order valence-electron chi connectivity index (χ1n) is 9.59. The second kappa shape index (κ2) is 7.91. The fraction of sp³-hybridized carbons (Fsp3) is 0.125. The minimum absolute atomic E-state index is 0.0378. The molecule has 0 unspecified atom stereocenters. The third-order valence-electron chi connectivity index (χ3n) is 4.83. The van der Waals surface area contributed by atoms with Crippen LogP contribution in [0.3, 0.4) is 0 Å². The molecule has 1 N–H and O–H groups in total. The molecule has 0 saturated heterocycles. The van der Waals surface area contributed by atoms with Gasteiger partial charge in [0.05, 0.1) is 5.69 Å². The van der Waals surface area contributed by atoms with Crippen LogP contribution in [0.15, 0.2) is 66.7 Å². The smallest absolute Gasteiger partial charge is 0.295 e. The van der Waals surface area contributed by atoms with Crippen LogP contribution in [0.25, 0.3) is 17.1 Å². The molecule has 5 nitrogen and oxygen atoms in total. The van der Waals surface area contributed by atoms with Crippen molar-refractivity contribution in [2.45, 2.75) is 20.8 Å². The van der Waals surface area contributed by atoms with E-state index < -0.39 is 5.91 Å². The topological polar surface area (TPSA) is 59.8 Å². The average Bonchev–Trinajstić information content (AvgIpc) is 3.17. The van der Waals surface area contributed by atoms with Gasteiger partial charge in [-0.3, -0.25) is 4.79 Å². The Balaban J connectivity index is 1.76. The van der Waals surface area contributed by atoms with Crippen molar-refractivity contribution in [2.24, 2.45) is 0 Å². The summed E-state index contributed by atoms with van der Waals surface area (Å²) in [5.41, 5.74) is 5.25. The molecule has 150 valence electrons. The number of nitrogens with one attached hydrogen (secondary N) is 1. The largest absolute Gasteiger partial charge is 0.319 e. The Kier molecular flexibility index (Phi) is 5.14. The van der Waals surface area contributed by atoms with Gasteiger partial charge < -0.3 is 5.32 Å². The number of carbonyl (C=O) groups excluding carboxylic acids is 1. The summed E-state index contributed by atoms with van der Waals surface area (Å²) >= 11 is 0. The van der Waals surface area contributed by atoms with Gasteiger partial charge in [0.25, 0.3) is 5.91 Å². The number of benzene rings is 3. The summed E-state index contributed by atoms with van der Waals surface area (Å²) in [4.78, 5) is 17.4. The standard InChI is InChI=1S/C24H21FN4O/c1-15-5-8-18(9-6-15)23-27-22(28-29(23)20-12-10-19(25)11-13-20)24(30)26-21-14-16(2)4-7-17(21)3/h4-14H,1-3H3,(H,26,30). The fourth-order valence-electron chi connectivity index (χ4n) is 3.11. The van der Waals surface area contributed by atoms with Crippen molar-refractivity contribution in [3.63, 3.8) is 0 Å². The summed E-state index contributed by atoms with van der Waals surface area (Å²) in [7, 11) is 0. The zero-order valence-corrected chi connectivity index (χ0v) is 17.0. The van der Waals surface area contributed by atoms with E-state index in [0.717, 1.165) is 27.9 Å². The maximum absolute atomic E-state index is 13.4. The molecule has 0 radical (unpaired) electrons. The summed E-state index contributed by atoms with van der Waals surface area (Å²) < 4.78 is 15.0. The van der Waals surface area contributed by atoms with Crippen LogP contribution in [-0.4, -0.2) is 20.7 Å². The second-order valence-corrected chi connectivity index (χ2v) is 7.29. The Bertz CT molecular complexity index is 1150. The van der Waals surface area contributed by atoms with Gasteiger partial charge in [-0.25, -0.2) is 14.1 Å². The van der Waals surface area contributed by atoms with E-state index in [1.165, 1.54) is 12.1 Å². The van der Waals surface area contributed by atoms with Crippen molar-refractivity contribution < 1.29 is 9.18 Å². The molecule has 0 fully saturated rings. The molecule has 1 amide bonds. The van der Waals surface area contributed by atoms with E-state index in [1.807, 2.05) is 63.2 Å². The normalized spacial score (nSPS) is 10.8. The molecule has 4 aromatic rings. The molecule has 30 heavy (non-hydrogen) atoms. The van der Waals surface area contributed by atoms with Crippen LogP contribution in [0.4, 0.5) is 10.1 Å². The van der Waals surface area contributed by atoms with Crippen LogP contribution in [0, 0.1) is 26.6 Å². The van der Waals surface area contributed by atoms with Gasteiger partial charge in [0.15, 0.2) is 5.82 Å². The SMILES string of the molecule is Cc1ccc(-c2nc(C(=O)Nc3cc(C)ccc3C)nn2-c2ccc(F)cc2)cc1. The van der Waals surface area contributed by atoms with Crippen molar-refractivity contribution >= 4 is 11.6 Å². The highest BCUT2D eigenvalue weighted by molar-refractivity contribution is 6.02. The number of aryl methyl sites for hydroxylation is 3. The van der Waals surface area contributed by atoms with E-state index >= 15 is 0 Å². The predicted octanol–water partition coefficient (Wildman–Crippen LogP) is 5.25. The summed E-state index contributed by atoms with van der Waals surface area (Å²) in [6, 6.07) is 19.5. The maximum Gasteiger partial charge on any atom is 0.295 e. The van der Waals surface area contributed by atoms with E-state index in [0.29, 0.717) is 11.5 Å². The van der Waals surface area contributed by atoms with Gasteiger partial charge in [-0.15, -0.1) is 5.10 Å². The van der Waals surface area contributed by atoms with Gasteiger partial charge in [-0.1, -0.05) is 42.0 Å². The van der Waals surface area contributed by atoms with E-state index in [4.69, 9.17) is 0 Å². The summed E-state index contributed by atoms with van der Waals surface area (Å²) in [6.45, 7) is 5.89. The van der Waals surface area contributed by atoms with Crippen LogP contribution in [0.1, 0.15) is 27.3 Å². The third kappa shape index (κ3) is 3.98. The van der Waals surface area contributed by atoms with Crippen LogP contribution in [0.5, 0.6) is 0 Å². The van der Waals surface area contributed by atoms with Crippen LogP contribution >= 0.6 is 0 Å². The van der Waals surface area contributed by atoms with Crippen molar-refractivity contribution in [1.82, 2.24) is 14.8 Å². The maximum atomic E-state index is 13.4. The summed E-state index contributed by atoms with van der Waals surface area (Å²) in [5, 5.41) is 7.32. The van der Waals surface area contributed by atoms with Gasteiger partial charge in [0, 0.05) is 11.3 Å². The highest BCUT2D eigenvalue weighted by Crippen LogP contribution is 2.23. The van der Waals surface area contributed by atoms with E-state index in [-0.39, 0.29) is 11.6 Å². The molecule has 3 aromatic carbocycles. The van der Waals surface area contributed by atoms with Crippen molar-refractivity contribution in [1.29, 1.82) is 0 Å².